The predicted octanol–water partition coefficient (Wildman–Crippen LogP) is 4.70. The van der Waals surface area contributed by atoms with Crippen LogP contribution >= 0.6 is 0 Å². The molecular weight excluding hydrogens is 408 g/mol. The first kappa shape index (κ1) is 23.1. The molecule has 0 aliphatic carbocycles. The number of carboxylic acid groups (broad SMARTS) is 1. The molecule has 0 aromatic heterocycles. The van der Waals surface area contributed by atoms with Crippen molar-refractivity contribution in [1.82, 2.24) is 4.90 Å². The number of carbonyl (C=O) groups excluding carboxylic acids is 1. The maximum absolute atomic E-state index is 12.6. The number of benzene rings is 2. The lowest BCUT2D eigenvalue weighted by Crippen LogP contribution is -2.42. The Morgan fingerprint density at radius 1 is 1.09 bits per heavy atom. The van der Waals surface area contributed by atoms with E-state index >= 15 is 0 Å². The zero-order valence-electron chi connectivity index (χ0n) is 18.6. The zero-order valence-corrected chi connectivity index (χ0v) is 18.6. The fourth-order valence-electron chi connectivity index (χ4n) is 3.78. The van der Waals surface area contributed by atoms with E-state index < -0.39 is 17.7 Å². The highest BCUT2D eigenvalue weighted by atomic mass is 16.6. The number of nitrogens with zero attached hydrogens (tertiary/aromatic N) is 2. The maximum Gasteiger partial charge on any atom is 0.410 e. The molecule has 0 spiro atoms. The van der Waals surface area contributed by atoms with Crippen LogP contribution in [0.3, 0.4) is 0 Å². The van der Waals surface area contributed by atoms with Gasteiger partial charge in [-0.15, -0.1) is 0 Å². The highest BCUT2D eigenvalue weighted by molar-refractivity contribution is 5.70. The number of ether oxygens (including phenoxy) is 2. The molecule has 0 radical (unpaired) electrons. The van der Waals surface area contributed by atoms with Crippen LogP contribution in [0.15, 0.2) is 48.5 Å². The van der Waals surface area contributed by atoms with Gasteiger partial charge in [-0.05, 0) is 68.5 Å². The van der Waals surface area contributed by atoms with E-state index in [1.165, 1.54) is 0 Å². The Bertz CT molecular complexity index is 987. The first-order valence-electron chi connectivity index (χ1n) is 10.6. The van der Waals surface area contributed by atoms with Crippen LogP contribution < -0.4 is 4.74 Å². The summed E-state index contributed by atoms with van der Waals surface area (Å²) < 4.78 is 11.4. The number of carboxylic acids is 1. The second-order valence-electron chi connectivity index (χ2n) is 9.01. The normalized spacial score (nSPS) is 18.1. The van der Waals surface area contributed by atoms with E-state index in [9.17, 15) is 9.59 Å². The highest BCUT2D eigenvalue weighted by Crippen LogP contribution is 2.29. The van der Waals surface area contributed by atoms with Crippen molar-refractivity contribution in [1.29, 1.82) is 5.26 Å². The van der Waals surface area contributed by atoms with E-state index in [2.05, 4.69) is 6.07 Å². The molecule has 0 saturated carbocycles. The van der Waals surface area contributed by atoms with Gasteiger partial charge in [-0.2, -0.15) is 5.26 Å². The summed E-state index contributed by atoms with van der Waals surface area (Å²) in [6, 6.07) is 16.8. The number of hydrogen-bond acceptors (Lipinski definition) is 5. The number of rotatable bonds is 6. The average Bonchev–Trinajstić information content (AvgIpc) is 3.13. The van der Waals surface area contributed by atoms with Gasteiger partial charge in [0.05, 0.1) is 17.7 Å². The third-order valence-corrected chi connectivity index (χ3v) is 5.24. The molecule has 3 rings (SSSR count). The number of nitriles is 1. The molecule has 7 heteroatoms. The topological polar surface area (TPSA) is 99.9 Å². The van der Waals surface area contributed by atoms with E-state index in [0.717, 1.165) is 11.1 Å². The van der Waals surface area contributed by atoms with Crippen LogP contribution in [0.25, 0.3) is 11.1 Å². The lowest BCUT2D eigenvalue weighted by molar-refractivity contribution is -0.138. The lowest BCUT2D eigenvalue weighted by Gasteiger charge is -2.28. The molecule has 32 heavy (non-hydrogen) atoms. The quantitative estimate of drug-likeness (QED) is 0.704. The Morgan fingerprint density at radius 3 is 2.22 bits per heavy atom. The number of likely N-dealkylation sites (tertiary alicyclic amines) is 1. The summed E-state index contributed by atoms with van der Waals surface area (Å²) in [7, 11) is 0. The fourth-order valence-corrected chi connectivity index (χ4v) is 3.78. The minimum Gasteiger partial charge on any atom is -0.491 e. The van der Waals surface area contributed by atoms with Crippen molar-refractivity contribution >= 4 is 12.1 Å². The maximum atomic E-state index is 12.6. The van der Waals surface area contributed by atoms with Crippen LogP contribution in [0.5, 0.6) is 5.75 Å². The van der Waals surface area contributed by atoms with Gasteiger partial charge in [-0.3, -0.25) is 4.79 Å². The minimum atomic E-state index is -0.876. The number of carbonyl (C=O) groups is 2. The molecule has 1 fully saturated rings. The van der Waals surface area contributed by atoms with E-state index in [-0.39, 0.29) is 25.0 Å². The van der Waals surface area contributed by atoms with Crippen molar-refractivity contribution in [3.8, 4) is 22.9 Å². The summed E-state index contributed by atoms with van der Waals surface area (Å²) in [5.41, 5.74) is 1.98. The predicted molar refractivity (Wildman–Crippen MR) is 119 cm³/mol. The fraction of sp³-hybridized carbons (Fsp3) is 0.400. The molecule has 0 bridgehead atoms. The summed E-state index contributed by atoms with van der Waals surface area (Å²) in [6.07, 6.45) is 0.111. The molecule has 1 saturated heterocycles. The first-order chi connectivity index (χ1) is 15.1. The van der Waals surface area contributed by atoms with Crippen molar-refractivity contribution in [2.24, 2.45) is 5.92 Å². The molecule has 1 amide bonds. The third-order valence-electron chi connectivity index (χ3n) is 5.24. The monoisotopic (exact) mass is 436 g/mol. The Hall–Kier alpha value is -3.53. The molecule has 2 aromatic rings. The molecule has 7 nitrogen and oxygen atoms in total. The Kier molecular flexibility index (Phi) is 7.04. The lowest BCUT2D eigenvalue weighted by atomic mass is 10.0. The summed E-state index contributed by atoms with van der Waals surface area (Å²) in [5, 5.41) is 18.1. The highest BCUT2D eigenvalue weighted by Gasteiger charge is 2.38. The van der Waals surface area contributed by atoms with Crippen LogP contribution in [0.1, 0.15) is 39.2 Å². The molecule has 1 aliphatic heterocycles. The van der Waals surface area contributed by atoms with Crippen molar-refractivity contribution in [2.75, 3.05) is 13.2 Å². The zero-order chi connectivity index (χ0) is 23.3. The van der Waals surface area contributed by atoms with Crippen molar-refractivity contribution in [2.45, 2.75) is 45.3 Å². The molecule has 168 valence electrons. The van der Waals surface area contributed by atoms with Gasteiger partial charge >= 0.3 is 12.1 Å². The van der Waals surface area contributed by atoms with Crippen LogP contribution in [0, 0.1) is 17.2 Å². The largest absolute Gasteiger partial charge is 0.491 e. The van der Waals surface area contributed by atoms with Crippen LogP contribution in [-0.4, -0.2) is 46.9 Å². The van der Waals surface area contributed by atoms with Gasteiger partial charge in [0.15, 0.2) is 0 Å². The molecule has 1 N–H and O–H groups in total. The van der Waals surface area contributed by atoms with Crippen molar-refractivity contribution < 1.29 is 24.2 Å². The van der Waals surface area contributed by atoms with Crippen LogP contribution in [0.4, 0.5) is 4.79 Å². The molecule has 2 aromatic carbocycles. The van der Waals surface area contributed by atoms with Gasteiger partial charge in [-0.25, -0.2) is 4.79 Å². The Balaban J connectivity index is 1.65. The van der Waals surface area contributed by atoms with Crippen LogP contribution in [-0.2, 0) is 9.53 Å². The Labute approximate surface area is 188 Å². The van der Waals surface area contributed by atoms with Gasteiger partial charge in [0.2, 0.25) is 0 Å². The Morgan fingerprint density at radius 2 is 1.69 bits per heavy atom. The van der Waals surface area contributed by atoms with Crippen LogP contribution in [0.2, 0.25) is 0 Å². The summed E-state index contributed by atoms with van der Waals surface area (Å²) in [6.45, 7) is 6.00. The SMILES string of the molecule is CC(C)(C)OC(=O)N1C[C@H](CC(=O)O)C[C@H]1COc1ccc(-c2ccc(C#N)cc2)cc1. The van der Waals surface area contributed by atoms with Gasteiger partial charge in [-0.1, -0.05) is 24.3 Å². The smallest absolute Gasteiger partial charge is 0.410 e. The van der Waals surface area contributed by atoms with E-state index in [4.69, 9.17) is 19.8 Å². The van der Waals surface area contributed by atoms with E-state index in [0.29, 0.717) is 24.3 Å². The van der Waals surface area contributed by atoms with Gasteiger partial charge < -0.3 is 19.5 Å². The molecule has 1 heterocycles. The van der Waals surface area contributed by atoms with Crippen molar-refractivity contribution in [3.63, 3.8) is 0 Å². The molecule has 1 aliphatic rings. The summed E-state index contributed by atoms with van der Waals surface area (Å²) in [5.74, 6) is -0.348. The standard InChI is InChI=1S/C25H28N2O5/c1-25(2,3)32-24(30)27-15-18(13-23(28)29)12-21(27)16-31-22-10-8-20(9-11-22)19-6-4-17(14-26)5-7-19/h4-11,18,21H,12-13,15-16H2,1-3H3,(H,28,29)/t18-,21-/m0/s1. The third kappa shape index (κ3) is 6.24. The van der Waals surface area contributed by atoms with Gasteiger partial charge in [0.1, 0.15) is 18.0 Å². The van der Waals surface area contributed by atoms with Gasteiger partial charge in [0, 0.05) is 13.0 Å². The number of hydrogen-bond donors (Lipinski definition) is 1. The number of amides is 1. The summed E-state index contributed by atoms with van der Waals surface area (Å²) in [4.78, 5) is 25.4. The van der Waals surface area contributed by atoms with Crippen molar-refractivity contribution in [3.05, 3.63) is 54.1 Å². The number of aliphatic carboxylic acids is 1. The van der Waals surface area contributed by atoms with Gasteiger partial charge in [0.25, 0.3) is 0 Å². The molecule has 0 unspecified atom stereocenters. The van der Waals surface area contributed by atoms with E-state index in [1.54, 1.807) is 37.8 Å². The molecular formula is C25H28N2O5. The minimum absolute atomic E-state index is 0.00901. The molecule has 2 atom stereocenters. The average molecular weight is 437 g/mol. The second kappa shape index (κ2) is 9.73. The first-order valence-corrected chi connectivity index (χ1v) is 10.6. The second-order valence-corrected chi connectivity index (χ2v) is 9.01. The summed E-state index contributed by atoms with van der Waals surface area (Å²) >= 11 is 0. The van der Waals surface area contributed by atoms with E-state index in [1.807, 2.05) is 36.4 Å².